The van der Waals surface area contributed by atoms with Crippen LogP contribution in [0.25, 0.3) is 0 Å². The number of hydrogen-bond acceptors (Lipinski definition) is 2. The Bertz CT molecular complexity index is 364. The molecule has 0 radical (unpaired) electrons. The van der Waals surface area contributed by atoms with Gasteiger partial charge in [0.15, 0.2) is 0 Å². The average molecular weight is 256 g/mol. The van der Waals surface area contributed by atoms with Crippen LogP contribution in [0.1, 0.15) is 26.7 Å². The Balaban J connectivity index is 0.000000437. The van der Waals surface area contributed by atoms with Crippen molar-refractivity contribution < 1.29 is 9.90 Å². The zero-order chi connectivity index (χ0) is 12.8. The van der Waals surface area contributed by atoms with E-state index in [0.717, 1.165) is 18.7 Å². The summed E-state index contributed by atoms with van der Waals surface area (Å²) in [4.78, 5) is 12.6. The molecule has 1 aromatic carbocycles. The average Bonchev–Trinajstić information content (AvgIpc) is 2.20. The van der Waals surface area contributed by atoms with E-state index < -0.39 is 5.97 Å². The first-order valence-corrected chi connectivity index (χ1v) is 6.23. The predicted molar refractivity (Wildman–Crippen MR) is 70.8 cm³/mol. The van der Waals surface area contributed by atoms with Crippen LogP contribution in [0.3, 0.4) is 0 Å². The van der Waals surface area contributed by atoms with Gasteiger partial charge in [-0.2, -0.15) is 0 Å². The van der Waals surface area contributed by atoms with Crippen molar-refractivity contribution in [2.24, 2.45) is 0 Å². The number of halogens is 1. The summed E-state index contributed by atoms with van der Waals surface area (Å²) in [6, 6.07) is 6.87. The first-order chi connectivity index (χ1) is 8.10. The molecule has 1 atom stereocenters. The van der Waals surface area contributed by atoms with E-state index in [0.29, 0.717) is 5.02 Å². The Hall–Kier alpha value is -1.22. The summed E-state index contributed by atoms with van der Waals surface area (Å²) in [5.74, 6) is -0.758. The highest BCUT2D eigenvalue weighted by atomic mass is 35.5. The van der Waals surface area contributed by atoms with Crippen molar-refractivity contribution in [2.45, 2.75) is 32.7 Å². The smallest absolute Gasteiger partial charge is 0.326 e. The Morgan fingerprint density at radius 1 is 1.41 bits per heavy atom. The van der Waals surface area contributed by atoms with Crippen molar-refractivity contribution in [3.05, 3.63) is 29.3 Å². The minimum absolute atomic E-state index is 0.365. The van der Waals surface area contributed by atoms with E-state index in [4.69, 9.17) is 16.7 Å². The highest BCUT2D eigenvalue weighted by Crippen LogP contribution is 2.27. The van der Waals surface area contributed by atoms with Gasteiger partial charge in [-0.1, -0.05) is 31.9 Å². The monoisotopic (exact) mass is 255 g/mol. The summed E-state index contributed by atoms with van der Waals surface area (Å²) in [6.45, 7) is 5.05. The third-order valence-corrected chi connectivity index (χ3v) is 2.71. The van der Waals surface area contributed by atoms with E-state index in [1.807, 2.05) is 17.0 Å². The van der Waals surface area contributed by atoms with Gasteiger partial charge in [-0.25, -0.2) is 4.79 Å². The molecule has 1 fully saturated rings. The number of carboxylic acids is 1. The van der Waals surface area contributed by atoms with E-state index in [2.05, 4.69) is 13.8 Å². The molecule has 1 aliphatic heterocycles. The number of carboxylic acid groups (broad SMARTS) is 1. The molecule has 1 aliphatic rings. The van der Waals surface area contributed by atoms with Crippen LogP contribution in [-0.4, -0.2) is 23.7 Å². The highest BCUT2D eigenvalue weighted by Gasteiger charge is 2.33. The number of hydrogen-bond donors (Lipinski definition) is 1. The highest BCUT2D eigenvalue weighted by molar-refractivity contribution is 6.30. The fraction of sp³-hybridized carbons (Fsp3) is 0.462. The number of rotatable bonds is 2. The number of anilines is 1. The van der Waals surface area contributed by atoms with Gasteiger partial charge >= 0.3 is 5.97 Å². The minimum atomic E-state index is -0.758. The summed E-state index contributed by atoms with van der Waals surface area (Å²) < 4.78 is 0. The molecule has 0 aromatic heterocycles. The van der Waals surface area contributed by atoms with Gasteiger partial charge in [-0.3, -0.25) is 0 Å². The molecule has 1 heterocycles. The summed E-state index contributed by atoms with van der Waals surface area (Å²) in [7, 11) is 0. The van der Waals surface area contributed by atoms with Crippen molar-refractivity contribution in [1.29, 1.82) is 0 Å². The number of aliphatic carboxylic acids is 1. The second kappa shape index (κ2) is 6.50. The normalized spacial score (nSPS) is 17.8. The van der Waals surface area contributed by atoms with Crippen LogP contribution in [0.5, 0.6) is 0 Å². The number of benzene rings is 1. The Labute approximate surface area is 107 Å². The van der Waals surface area contributed by atoms with Gasteiger partial charge in [-0.15, -0.1) is 0 Å². The Morgan fingerprint density at radius 2 is 1.94 bits per heavy atom. The lowest BCUT2D eigenvalue weighted by Crippen LogP contribution is -2.52. The molecular weight excluding hydrogens is 238 g/mol. The lowest BCUT2D eigenvalue weighted by atomic mass is 10.0. The second-order valence-corrected chi connectivity index (χ2v) is 4.46. The second-order valence-electron chi connectivity index (χ2n) is 4.02. The Kier molecular flexibility index (Phi) is 5.29. The first-order valence-electron chi connectivity index (χ1n) is 5.85. The van der Waals surface area contributed by atoms with Gasteiger partial charge in [0.1, 0.15) is 6.04 Å². The fourth-order valence-electron chi connectivity index (χ4n) is 1.59. The molecule has 1 aromatic rings. The third-order valence-electron chi connectivity index (χ3n) is 2.46. The molecule has 0 bridgehead atoms. The number of carbonyl (C=O) groups is 1. The third kappa shape index (κ3) is 3.63. The topological polar surface area (TPSA) is 40.5 Å². The van der Waals surface area contributed by atoms with Gasteiger partial charge < -0.3 is 10.0 Å². The van der Waals surface area contributed by atoms with Crippen molar-refractivity contribution in [1.82, 2.24) is 0 Å². The summed E-state index contributed by atoms with van der Waals surface area (Å²) >= 11 is 5.74. The van der Waals surface area contributed by atoms with E-state index in [1.165, 1.54) is 6.42 Å². The minimum Gasteiger partial charge on any atom is -0.480 e. The van der Waals surface area contributed by atoms with Gasteiger partial charge in [-0.05, 0) is 30.7 Å². The molecule has 1 saturated heterocycles. The van der Waals surface area contributed by atoms with E-state index >= 15 is 0 Å². The van der Waals surface area contributed by atoms with E-state index in [-0.39, 0.29) is 6.04 Å². The maximum absolute atomic E-state index is 10.8. The molecule has 17 heavy (non-hydrogen) atoms. The zero-order valence-corrected chi connectivity index (χ0v) is 10.9. The molecule has 4 heteroatoms. The molecule has 1 N–H and O–H groups in total. The quantitative estimate of drug-likeness (QED) is 0.880. The van der Waals surface area contributed by atoms with E-state index in [9.17, 15) is 4.79 Å². The lowest BCUT2D eigenvalue weighted by molar-refractivity contribution is -0.139. The SMILES string of the molecule is CCC.O=C(O)C1CCN1c1ccc(Cl)cc1. The molecule has 0 aliphatic carbocycles. The maximum Gasteiger partial charge on any atom is 0.326 e. The molecule has 0 amide bonds. The molecule has 0 saturated carbocycles. The standard InChI is InChI=1S/C10H10ClNO2.C3H8/c11-7-1-3-8(4-2-7)12-6-5-9(12)10(13)14;1-3-2/h1-4,9H,5-6H2,(H,13,14);3H2,1-2H3. The Morgan fingerprint density at radius 3 is 2.29 bits per heavy atom. The zero-order valence-electron chi connectivity index (χ0n) is 10.2. The van der Waals surface area contributed by atoms with Crippen molar-refractivity contribution in [3.63, 3.8) is 0 Å². The van der Waals surface area contributed by atoms with Crippen LogP contribution in [0.4, 0.5) is 5.69 Å². The molecular formula is C13H18ClNO2. The maximum atomic E-state index is 10.8. The lowest BCUT2D eigenvalue weighted by Gasteiger charge is -2.39. The van der Waals surface area contributed by atoms with Gasteiger partial charge in [0.05, 0.1) is 0 Å². The fourth-order valence-corrected chi connectivity index (χ4v) is 1.71. The van der Waals surface area contributed by atoms with Gasteiger partial charge in [0, 0.05) is 17.3 Å². The molecule has 2 rings (SSSR count). The van der Waals surface area contributed by atoms with Crippen molar-refractivity contribution in [3.8, 4) is 0 Å². The summed E-state index contributed by atoms with van der Waals surface area (Å²) in [6.07, 6.45) is 1.97. The van der Waals surface area contributed by atoms with Crippen LogP contribution in [0.15, 0.2) is 24.3 Å². The van der Waals surface area contributed by atoms with E-state index in [1.54, 1.807) is 12.1 Å². The molecule has 1 unspecified atom stereocenters. The predicted octanol–water partition coefficient (Wildman–Crippen LogP) is 3.42. The van der Waals surface area contributed by atoms with Crippen molar-refractivity contribution in [2.75, 3.05) is 11.4 Å². The van der Waals surface area contributed by atoms with Crippen LogP contribution < -0.4 is 4.90 Å². The van der Waals surface area contributed by atoms with Crippen LogP contribution in [0.2, 0.25) is 5.02 Å². The largest absolute Gasteiger partial charge is 0.480 e. The number of nitrogens with zero attached hydrogens (tertiary/aromatic N) is 1. The first kappa shape index (κ1) is 13.8. The van der Waals surface area contributed by atoms with Crippen molar-refractivity contribution >= 4 is 23.3 Å². The van der Waals surface area contributed by atoms with Gasteiger partial charge in [0.2, 0.25) is 0 Å². The van der Waals surface area contributed by atoms with Crippen LogP contribution in [0, 0.1) is 0 Å². The molecule has 3 nitrogen and oxygen atoms in total. The van der Waals surface area contributed by atoms with Crippen LogP contribution >= 0.6 is 11.6 Å². The summed E-state index contributed by atoms with van der Waals surface area (Å²) in [5.41, 5.74) is 0.924. The summed E-state index contributed by atoms with van der Waals surface area (Å²) in [5, 5.41) is 9.52. The van der Waals surface area contributed by atoms with Crippen LogP contribution in [-0.2, 0) is 4.79 Å². The molecule has 94 valence electrons. The van der Waals surface area contributed by atoms with Gasteiger partial charge in [0.25, 0.3) is 0 Å². The molecule has 0 spiro atoms.